The second-order valence-corrected chi connectivity index (χ2v) is 9.47. The molecule has 0 unspecified atom stereocenters. The number of piperazine rings is 1. The van der Waals surface area contributed by atoms with Crippen molar-refractivity contribution in [3.05, 3.63) is 65.9 Å². The fourth-order valence-electron chi connectivity index (χ4n) is 4.04. The molecule has 1 fully saturated rings. The minimum Gasteiger partial charge on any atom is -0.443 e. The molecule has 0 atom stereocenters. The van der Waals surface area contributed by atoms with E-state index >= 15 is 0 Å². The van der Waals surface area contributed by atoms with Crippen LogP contribution in [0.4, 0.5) is 10.5 Å². The molecule has 0 saturated carbocycles. The van der Waals surface area contributed by atoms with Crippen LogP contribution >= 0.6 is 0 Å². The van der Waals surface area contributed by atoms with Crippen LogP contribution in [0.25, 0.3) is 10.9 Å². The first-order chi connectivity index (χ1) is 15.2. The van der Waals surface area contributed by atoms with Crippen molar-refractivity contribution in [2.24, 2.45) is 0 Å². The van der Waals surface area contributed by atoms with Crippen molar-refractivity contribution < 1.29 is 14.3 Å². The summed E-state index contributed by atoms with van der Waals surface area (Å²) in [5, 5.41) is 0.773. The molecule has 1 aliphatic heterocycles. The summed E-state index contributed by atoms with van der Waals surface area (Å²) in [5.41, 5.74) is 2.61. The molecule has 168 valence electrons. The van der Waals surface area contributed by atoms with Crippen molar-refractivity contribution in [2.45, 2.75) is 32.8 Å². The lowest BCUT2D eigenvalue weighted by Gasteiger charge is -2.34. The van der Waals surface area contributed by atoms with E-state index in [2.05, 4.69) is 16.8 Å². The molecule has 1 aromatic heterocycles. The number of hydrogen-bond acceptors (Lipinski definition) is 5. The molecule has 0 spiro atoms. The highest BCUT2D eigenvalue weighted by Gasteiger charge is 2.24. The van der Waals surface area contributed by atoms with Crippen LogP contribution in [0.5, 0.6) is 0 Å². The molecule has 0 aliphatic carbocycles. The fourth-order valence-corrected chi connectivity index (χ4v) is 4.04. The molecular weight excluding hydrogens is 402 g/mol. The number of fused-ring (bicyclic) bond motifs is 1. The van der Waals surface area contributed by atoms with Gasteiger partial charge in [-0.1, -0.05) is 36.4 Å². The average Bonchev–Trinajstić information content (AvgIpc) is 3.13. The minimum atomic E-state index is -0.628. The normalized spacial score (nSPS) is 15.2. The van der Waals surface area contributed by atoms with Gasteiger partial charge in [0.25, 0.3) is 0 Å². The number of rotatable bonds is 4. The molecule has 0 radical (unpaired) electrons. The Morgan fingerprint density at radius 2 is 1.66 bits per heavy atom. The summed E-state index contributed by atoms with van der Waals surface area (Å²) in [6.45, 7) is 9.36. The van der Waals surface area contributed by atoms with Crippen molar-refractivity contribution in [1.29, 1.82) is 0 Å². The molecule has 0 bridgehead atoms. The van der Waals surface area contributed by atoms with Gasteiger partial charge in [0.1, 0.15) is 5.60 Å². The van der Waals surface area contributed by atoms with Gasteiger partial charge in [-0.05, 0) is 45.5 Å². The van der Waals surface area contributed by atoms with Gasteiger partial charge in [0.05, 0.1) is 5.52 Å². The second-order valence-electron chi connectivity index (χ2n) is 9.47. The molecular formula is C26H31N3O3. The van der Waals surface area contributed by atoms with Gasteiger partial charge in [-0.3, -0.25) is 9.36 Å². The van der Waals surface area contributed by atoms with E-state index in [0.717, 1.165) is 42.8 Å². The molecule has 3 aromatic rings. The third-order valence-electron chi connectivity index (χ3n) is 5.76. The topological polar surface area (TPSA) is 54.8 Å². The van der Waals surface area contributed by atoms with E-state index in [9.17, 15) is 9.59 Å². The number of ketones is 1. The van der Waals surface area contributed by atoms with Crippen LogP contribution in [0.2, 0.25) is 0 Å². The summed E-state index contributed by atoms with van der Waals surface area (Å²) >= 11 is 0. The van der Waals surface area contributed by atoms with E-state index in [1.165, 1.54) is 4.57 Å². The first-order valence-corrected chi connectivity index (χ1v) is 11.1. The largest absolute Gasteiger partial charge is 0.443 e. The number of hydrogen-bond donors (Lipinski definition) is 0. The smallest absolute Gasteiger partial charge is 0.419 e. The van der Waals surface area contributed by atoms with Crippen molar-refractivity contribution in [3.8, 4) is 0 Å². The van der Waals surface area contributed by atoms with E-state index in [4.69, 9.17) is 4.74 Å². The number of carbonyl (C=O) groups is 2. The van der Waals surface area contributed by atoms with Crippen molar-refractivity contribution in [1.82, 2.24) is 9.47 Å². The van der Waals surface area contributed by atoms with E-state index in [1.54, 1.807) is 6.20 Å². The molecule has 6 heteroatoms. The summed E-state index contributed by atoms with van der Waals surface area (Å²) < 4.78 is 7.12. The van der Waals surface area contributed by atoms with Gasteiger partial charge in [-0.25, -0.2) is 4.79 Å². The molecule has 32 heavy (non-hydrogen) atoms. The monoisotopic (exact) mass is 433 g/mol. The molecule has 0 amide bonds. The van der Waals surface area contributed by atoms with Crippen molar-refractivity contribution in [3.63, 3.8) is 0 Å². The van der Waals surface area contributed by atoms with Gasteiger partial charge in [-0.15, -0.1) is 0 Å². The van der Waals surface area contributed by atoms with Crippen LogP contribution in [0, 0.1) is 0 Å². The molecule has 2 heterocycles. The van der Waals surface area contributed by atoms with Gasteiger partial charge in [0.2, 0.25) is 0 Å². The van der Waals surface area contributed by atoms with Crippen LogP contribution in [0.3, 0.4) is 0 Å². The molecule has 4 rings (SSSR count). The molecule has 0 N–H and O–H groups in total. The lowest BCUT2D eigenvalue weighted by Crippen LogP contribution is -2.44. The molecule has 1 saturated heterocycles. The van der Waals surface area contributed by atoms with Crippen molar-refractivity contribution in [2.75, 3.05) is 38.1 Å². The standard InChI is InChI=1S/C26H31N3O3/c1-26(2,3)32-25(31)29-18-22(24(30)16-19-8-6-5-7-9-19)21-11-10-20(17-23(21)29)28-14-12-27(4)13-15-28/h5-11,17-18H,12-16H2,1-4H3. The zero-order valence-electron chi connectivity index (χ0n) is 19.3. The maximum atomic E-state index is 13.2. The summed E-state index contributed by atoms with van der Waals surface area (Å²) in [5.74, 6) is -0.0177. The predicted octanol–water partition coefficient (Wildman–Crippen LogP) is 4.60. The molecule has 2 aromatic carbocycles. The Morgan fingerprint density at radius 1 is 0.969 bits per heavy atom. The Kier molecular flexibility index (Phi) is 6.07. The Morgan fingerprint density at radius 3 is 2.31 bits per heavy atom. The van der Waals surface area contributed by atoms with Gasteiger partial charge < -0.3 is 14.5 Å². The maximum absolute atomic E-state index is 13.2. The number of likely N-dealkylation sites (N-methyl/N-ethyl adjacent to an activating group) is 1. The van der Waals surface area contributed by atoms with Crippen LogP contribution in [0.1, 0.15) is 36.7 Å². The summed E-state index contributed by atoms with van der Waals surface area (Å²) in [6.07, 6.45) is 1.45. The number of Topliss-reactive ketones (excluding diaryl/α,β-unsaturated/α-hetero) is 1. The highest BCUT2D eigenvalue weighted by atomic mass is 16.6. The lowest BCUT2D eigenvalue weighted by atomic mass is 10.0. The highest BCUT2D eigenvalue weighted by Crippen LogP contribution is 2.29. The number of benzene rings is 2. The first-order valence-electron chi connectivity index (χ1n) is 11.1. The number of anilines is 1. The predicted molar refractivity (Wildman–Crippen MR) is 128 cm³/mol. The Balaban J connectivity index is 1.73. The highest BCUT2D eigenvalue weighted by molar-refractivity contribution is 6.11. The van der Waals surface area contributed by atoms with Gasteiger partial charge >= 0.3 is 6.09 Å². The van der Waals surface area contributed by atoms with E-state index in [0.29, 0.717) is 11.1 Å². The summed E-state index contributed by atoms with van der Waals surface area (Å²) in [7, 11) is 2.12. The number of carbonyl (C=O) groups excluding carboxylic acids is 2. The SMILES string of the molecule is CN1CCN(c2ccc3c(C(=O)Cc4ccccc4)cn(C(=O)OC(C)(C)C)c3c2)CC1. The summed E-state index contributed by atoms with van der Waals surface area (Å²) in [4.78, 5) is 30.8. The fraction of sp³-hybridized carbons (Fsp3) is 0.385. The Labute approximate surface area is 189 Å². The number of ether oxygens (including phenoxy) is 1. The van der Waals surface area contributed by atoms with Crippen LogP contribution in [-0.2, 0) is 11.2 Å². The maximum Gasteiger partial charge on any atom is 0.419 e. The minimum absolute atomic E-state index is 0.0177. The summed E-state index contributed by atoms with van der Waals surface area (Å²) in [6, 6.07) is 15.7. The van der Waals surface area contributed by atoms with E-state index in [-0.39, 0.29) is 12.2 Å². The lowest BCUT2D eigenvalue weighted by molar-refractivity contribution is 0.0544. The molecule has 6 nitrogen and oxygen atoms in total. The number of nitrogens with zero attached hydrogens (tertiary/aromatic N) is 3. The van der Waals surface area contributed by atoms with Gasteiger partial charge in [-0.2, -0.15) is 0 Å². The number of aromatic nitrogens is 1. The van der Waals surface area contributed by atoms with E-state index in [1.807, 2.05) is 69.3 Å². The van der Waals surface area contributed by atoms with Crippen molar-refractivity contribution >= 4 is 28.5 Å². The Hall–Kier alpha value is -3.12. The second kappa shape index (κ2) is 8.79. The zero-order chi connectivity index (χ0) is 22.9. The first kappa shape index (κ1) is 22.1. The van der Waals surface area contributed by atoms with Gasteiger partial charge in [0.15, 0.2) is 5.78 Å². The van der Waals surface area contributed by atoms with Crippen LogP contribution < -0.4 is 4.90 Å². The quantitative estimate of drug-likeness (QED) is 0.563. The van der Waals surface area contributed by atoms with E-state index < -0.39 is 11.7 Å². The van der Waals surface area contributed by atoms with Crippen LogP contribution in [-0.4, -0.2) is 60.2 Å². The van der Waals surface area contributed by atoms with Crippen LogP contribution in [0.15, 0.2) is 54.7 Å². The average molecular weight is 434 g/mol. The third kappa shape index (κ3) is 4.86. The van der Waals surface area contributed by atoms with Gasteiger partial charge in [0, 0.05) is 55.4 Å². The Bertz CT molecular complexity index is 1120. The third-order valence-corrected chi connectivity index (χ3v) is 5.76. The zero-order valence-corrected chi connectivity index (χ0v) is 19.3. The molecule has 1 aliphatic rings.